The first-order valence-corrected chi connectivity index (χ1v) is 8.60. The lowest BCUT2D eigenvalue weighted by Gasteiger charge is -2.16. The summed E-state index contributed by atoms with van der Waals surface area (Å²) in [5.41, 5.74) is 1.34. The third-order valence-electron chi connectivity index (χ3n) is 4.16. The fourth-order valence-electron chi connectivity index (χ4n) is 2.37. The molecule has 2 N–H and O–H groups in total. The van der Waals surface area contributed by atoms with Gasteiger partial charge in [-0.05, 0) is 48.8 Å². The molecule has 0 spiro atoms. The smallest absolute Gasteiger partial charge is 0.240 e. The predicted molar refractivity (Wildman–Crippen MR) is 80.5 cm³/mol. The van der Waals surface area contributed by atoms with E-state index in [1.54, 1.807) is 26.2 Å². The van der Waals surface area contributed by atoms with Gasteiger partial charge in [0.1, 0.15) is 0 Å². The van der Waals surface area contributed by atoms with Crippen LogP contribution >= 0.6 is 0 Å². The van der Waals surface area contributed by atoms with Gasteiger partial charge < -0.3 is 9.84 Å². The minimum atomic E-state index is -3.54. The number of aryl methyl sites for hydroxylation is 1. The van der Waals surface area contributed by atoms with E-state index in [0.29, 0.717) is 24.3 Å². The first-order valence-electron chi connectivity index (χ1n) is 7.11. The van der Waals surface area contributed by atoms with Gasteiger partial charge in [0.2, 0.25) is 10.0 Å². The van der Waals surface area contributed by atoms with E-state index in [2.05, 4.69) is 4.72 Å². The Morgan fingerprint density at radius 1 is 1.38 bits per heavy atom. The van der Waals surface area contributed by atoms with Crippen LogP contribution in [0.2, 0.25) is 0 Å². The molecule has 1 aliphatic rings. The van der Waals surface area contributed by atoms with Gasteiger partial charge >= 0.3 is 0 Å². The fraction of sp³-hybridized carbons (Fsp3) is 0.600. The highest BCUT2D eigenvalue weighted by atomic mass is 32.2. The monoisotopic (exact) mass is 313 g/mol. The number of aliphatic hydroxyl groups excluding tert-OH is 1. The van der Waals surface area contributed by atoms with Crippen LogP contribution in [0.4, 0.5) is 0 Å². The van der Waals surface area contributed by atoms with Gasteiger partial charge in [0, 0.05) is 20.3 Å². The van der Waals surface area contributed by atoms with Gasteiger partial charge in [-0.1, -0.05) is 12.1 Å². The molecule has 1 fully saturated rings. The highest BCUT2D eigenvalue weighted by molar-refractivity contribution is 7.89. The van der Waals surface area contributed by atoms with Gasteiger partial charge in [-0.25, -0.2) is 13.1 Å². The fourth-order valence-corrected chi connectivity index (χ4v) is 3.82. The lowest BCUT2D eigenvalue weighted by molar-refractivity contribution is 0.173. The zero-order chi connectivity index (χ0) is 15.5. The molecule has 6 heteroatoms. The molecule has 0 heterocycles. The maximum absolute atomic E-state index is 12.4. The molecule has 0 unspecified atom stereocenters. The summed E-state index contributed by atoms with van der Waals surface area (Å²) in [4.78, 5) is 0.247. The van der Waals surface area contributed by atoms with Crippen molar-refractivity contribution >= 4 is 10.0 Å². The molecule has 2 rings (SSSR count). The second kappa shape index (κ2) is 6.44. The minimum absolute atomic E-state index is 0.0611. The molecule has 1 aromatic carbocycles. The Labute approximate surface area is 126 Å². The second-order valence-corrected chi connectivity index (χ2v) is 7.56. The molecule has 0 aliphatic heterocycles. The van der Waals surface area contributed by atoms with Crippen LogP contribution < -0.4 is 4.72 Å². The molecule has 5 nitrogen and oxygen atoms in total. The van der Waals surface area contributed by atoms with Crippen molar-refractivity contribution < 1.29 is 18.3 Å². The average molecular weight is 313 g/mol. The van der Waals surface area contributed by atoms with Gasteiger partial charge in [-0.3, -0.25) is 0 Å². The molecule has 21 heavy (non-hydrogen) atoms. The van der Waals surface area contributed by atoms with Crippen molar-refractivity contribution in [2.24, 2.45) is 5.41 Å². The molecule has 1 saturated carbocycles. The van der Waals surface area contributed by atoms with E-state index in [1.165, 1.54) is 6.07 Å². The van der Waals surface area contributed by atoms with Crippen LogP contribution in [0.25, 0.3) is 0 Å². The molecule has 0 amide bonds. The Bertz CT molecular complexity index is 594. The van der Waals surface area contributed by atoms with Crippen molar-refractivity contribution in [3.05, 3.63) is 29.3 Å². The van der Waals surface area contributed by atoms with Crippen LogP contribution in [0.5, 0.6) is 0 Å². The highest BCUT2D eigenvalue weighted by Crippen LogP contribution is 2.48. The molecular formula is C15H23NO4S. The summed E-state index contributed by atoms with van der Waals surface area (Å²) in [7, 11) is -1.89. The summed E-state index contributed by atoms with van der Waals surface area (Å²) in [5.74, 6) is 0. The zero-order valence-electron chi connectivity index (χ0n) is 12.6. The Balaban J connectivity index is 2.08. The van der Waals surface area contributed by atoms with Gasteiger partial charge in [0.15, 0.2) is 0 Å². The number of hydrogen-bond acceptors (Lipinski definition) is 4. The van der Waals surface area contributed by atoms with E-state index in [-0.39, 0.29) is 16.9 Å². The van der Waals surface area contributed by atoms with Crippen LogP contribution in [-0.4, -0.2) is 33.8 Å². The third kappa shape index (κ3) is 4.03. The number of sulfonamides is 1. The molecule has 0 bridgehead atoms. The summed E-state index contributed by atoms with van der Waals surface area (Å²) >= 11 is 0. The summed E-state index contributed by atoms with van der Waals surface area (Å²) in [6.45, 7) is 2.69. The SMILES string of the molecule is COCCC1(CNS(=O)(=O)c2cc(CO)ccc2C)CC1. The average Bonchev–Trinajstić information content (AvgIpc) is 3.24. The maximum Gasteiger partial charge on any atom is 0.240 e. The Hall–Kier alpha value is -0.950. The predicted octanol–water partition coefficient (Wildman–Crippen LogP) is 1.58. The quantitative estimate of drug-likeness (QED) is 0.764. The minimum Gasteiger partial charge on any atom is -0.392 e. The topological polar surface area (TPSA) is 75.6 Å². The van der Waals surface area contributed by atoms with Crippen LogP contribution in [-0.2, 0) is 21.4 Å². The summed E-state index contributed by atoms with van der Waals surface area (Å²) in [5, 5.41) is 9.16. The maximum atomic E-state index is 12.4. The van der Waals surface area contributed by atoms with Crippen molar-refractivity contribution in [3.8, 4) is 0 Å². The van der Waals surface area contributed by atoms with E-state index in [1.807, 2.05) is 0 Å². The Morgan fingerprint density at radius 3 is 2.67 bits per heavy atom. The van der Waals surface area contributed by atoms with Crippen LogP contribution in [0.15, 0.2) is 23.1 Å². The lowest BCUT2D eigenvalue weighted by Crippen LogP contribution is -2.31. The van der Waals surface area contributed by atoms with Crippen molar-refractivity contribution in [2.75, 3.05) is 20.3 Å². The molecule has 0 radical (unpaired) electrons. The molecule has 118 valence electrons. The number of ether oxygens (including phenoxy) is 1. The Morgan fingerprint density at radius 2 is 2.10 bits per heavy atom. The van der Waals surface area contributed by atoms with Crippen LogP contribution in [0.3, 0.4) is 0 Å². The number of rotatable bonds is 8. The number of nitrogens with one attached hydrogen (secondary N) is 1. The molecule has 0 aromatic heterocycles. The largest absolute Gasteiger partial charge is 0.392 e. The summed E-state index contributed by atoms with van der Waals surface area (Å²) in [6.07, 6.45) is 2.95. The molecular weight excluding hydrogens is 290 g/mol. The zero-order valence-corrected chi connectivity index (χ0v) is 13.4. The van der Waals surface area contributed by atoms with Gasteiger partial charge in [0.25, 0.3) is 0 Å². The van der Waals surface area contributed by atoms with E-state index >= 15 is 0 Å². The van der Waals surface area contributed by atoms with Crippen molar-refractivity contribution in [1.82, 2.24) is 4.72 Å². The van der Waals surface area contributed by atoms with Crippen molar-refractivity contribution in [2.45, 2.75) is 37.7 Å². The number of benzene rings is 1. The molecule has 0 saturated heterocycles. The van der Waals surface area contributed by atoms with Gasteiger partial charge in [0.05, 0.1) is 11.5 Å². The standard InChI is InChI=1S/C15H23NO4S/c1-12-3-4-13(10-17)9-14(12)21(18,19)16-11-15(5-6-15)7-8-20-2/h3-4,9,16-17H,5-8,10-11H2,1-2H3. The third-order valence-corrected chi connectivity index (χ3v) is 5.70. The van der Waals surface area contributed by atoms with Crippen LogP contribution in [0.1, 0.15) is 30.4 Å². The van der Waals surface area contributed by atoms with E-state index in [9.17, 15) is 8.42 Å². The first kappa shape index (κ1) is 16.4. The van der Waals surface area contributed by atoms with E-state index in [4.69, 9.17) is 9.84 Å². The molecule has 0 atom stereocenters. The second-order valence-electron chi connectivity index (χ2n) is 5.83. The first-order chi connectivity index (χ1) is 9.92. The van der Waals surface area contributed by atoms with Crippen molar-refractivity contribution in [3.63, 3.8) is 0 Å². The molecule has 1 aliphatic carbocycles. The van der Waals surface area contributed by atoms with Crippen LogP contribution in [0, 0.1) is 12.3 Å². The van der Waals surface area contributed by atoms with E-state index < -0.39 is 10.0 Å². The number of aliphatic hydroxyl groups is 1. The number of hydrogen-bond donors (Lipinski definition) is 2. The summed E-state index contributed by atoms with van der Waals surface area (Å²) in [6, 6.07) is 4.99. The highest BCUT2D eigenvalue weighted by Gasteiger charge is 2.42. The molecule has 1 aromatic rings. The Kier molecular flexibility index (Phi) is 5.03. The van der Waals surface area contributed by atoms with Gasteiger partial charge in [-0.15, -0.1) is 0 Å². The van der Waals surface area contributed by atoms with Crippen molar-refractivity contribution in [1.29, 1.82) is 0 Å². The number of methoxy groups -OCH3 is 1. The normalized spacial score (nSPS) is 16.9. The lowest BCUT2D eigenvalue weighted by atomic mass is 10.0. The van der Waals surface area contributed by atoms with E-state index in [0.717, 1.165) is 19.3 Å². The van der Waals surface area contributed by atoms with Gasteiger partial charge in [-0.2, -0.15) is 0 Å². The summed E-state index contributed by atoms with van der Waals surface area (Å²) < 4.78 is 32.7.